The summed E-state index contributed by atoms with van der Waals surface area (Å²) in [5.41, 5.74) is 0.936. The zero-order chi connectivity index (χ0) is 16.6. The van der Waals surface area contributed by atoms with Crippen molar-refractivity contribution >= 4 is 11.6 Å². The molecule has 2 aliphatic rings. The Bertz CT molecular complexity index is 623. The number of aryl methyl sites for hydroxylation is 2. The number of carbonyl (C=O) groups excluding carboxylic acids is 1. The second kappa shape index (κ2) is 6.27. The first-order valence-electron chi connectivity index (χ1n) is 8.17. The van der Waals surface area contributed by atoms with Crippen molar-refractivity contribution in [1.82, 2.24) is 20.0 Å². The molecule has 2 heterocycles. The number of amides is 1. The lowest BCUT2D eigenvalue weighted by Gasteiger charge is -2.15. The largest absolute Gasteiger partial charge is 0.352 e. The Morgan fingerprint density at radius 3 is 2.74 bits per heavy atom. The molecule has 1 atom stereocenters. The second-order valence-electron chi connectivity index (χ2n) is 6.53. The highest BCUT2D eigenvalue weighted by Crippen LogP contribution is 2.29. The molecule has 0 unspecified atom stereocenters. The van der Waals surface area contributed by atoms with Crippen molar-refractivity contribution in [3.8, 4) is 0 Å². The Kier molecular flexibility index (Phi) is 4.34. The predicted molar refractivity (Wildman–Crippen MR) is 84.1 cm³/mol. The standard InChI is InChI=1S/C15H23N5O3/c1-10-15(20(22)23)11(2)19(17-10)8-6-14(21)16-12-5-7-18(9-12)13-3-4-13/h12-13H,3-9H2,1-2H3,(H,16,21)/t12-/m1/s1. The monoisotopic (exact) mass is 321 g/mol. The highest BCUT2D eigenvalue weighted by molar-refractivity contribution is 5.76. The lowest BCUT2D eigenvalue weighted by molar-refractivity contribution is -0.386. The molecule has 1 aromatic rings. The van der Waals surface area contributed by atoms with E-state index in [1.165, 1.54) is 12.8 Å². The summed E-state index contributed by atoms with van der Waals surface area (Å²) in [4.78, 5) is 25.1. The average Bonchev–Trinajstić information content (AvgIpc) is 3.16. The van der Waals surface area contributed by atoms with E-state index in [0.717, 1.165) is 25.6 Å². The van der Waals surface area contributed by atoms with Crippen molar-refractivity contribution in [1.29, 1.82) is 0 Å². The van der Waals surface area contributed by atoms with Gasteiger partial charge in [0, 0.05) is 31.6 Å². The molecule has 0 bridgehead atoms. The summed E-state index contributed by atoms with van der Waals surface area (Å²) in [6.45, 7) is 5.67. The highest BCUT2D eigenvalue weighted by Gasteiger charge is 2.34. The van der Waals surface area contributed by atoms with Gasteiger partial charge in [-0.05, 0) is 33.1 Å². The van der Waals surface area contributed by atoms with Crippen LogP contribution in [-0.4, -0.2) is 50.7 Å². The van der Waals surface area contributed by atoms with Crippen LogP contribution in [0.2, 0.25) is 0 Å². The third kappa shape index (κ3) is 3.52. The van der Waals surface area contributed by atoms with Crippen LogP contribution in [0.25, 0.3) is 0 Å². The summed E-state index contributed by atoms with van der Waals surface area (Å²) in [5, 5.41) is 18.2. The first-order chi connectivity index (χ1) is 11.0. The van der Waals surface area contributed by atoms with E-state index in [1.807, 2.05) is 0 Å². The van der Waals surface area contributed by atoms with Crippen LogP contribution in [0.15, 0.2) is 0 Å². The van der Waals surface area contributed by atoms with E-state index in [-0.39, 0.29) is 17.6 Å². The van der Waals surface area contributed by atoms with Crippen LogP contribution >= 0.6 is 0 Å². The highest BCUT2D eigenvalue weighted by atomic mass is 16.6. The van der Waals surface area contributed by atoms with Crippen LogP contribution in [0.3, 0.4) is 0 Å². The molecule has 1 saturated carbocycles. The van der Waals surface area contributed by atoms with E-state index >= 15 is 0 Å². The summed E-state index contributed by atoms with van der Waals surface area (Å²) < 4.78 is 1.55. The Balaban J connectivity index is 1.49. The first-order valence-corrected chi connectivity index (χ1v) is 8.17. The Morgan fingerprint density at radius 2 is 2.13 bits per heavy atom. The van der Waals surface area contributed by atoms with E-state index < -0.39 is 4.92 Å². The summed E-state index contributed by atoms with van der Waals surface area (Å²) >= 11 is 0. The number of rotatable bonds is 6. The molecule has 23 heavy (non-hydrogen) atoms. The molecule has 1 saturated heterocycles. The first kappa shape index (κ1) is 15.9. The van der Waals surface area contributed by atoms with Gasteiger partial charge in [-0.3, -0.25) is 24.5 Å². The lowest BCUT2D eigenvalue weighted by Crippen LogP contribution is -2.37. The maximum absolute atomic E-state index is 12.1. The molecule has 1 aliphatic carbocycles. The molecule has 1 N–H and O–H groups in total. The van der Waals surface area contributed by atoms with Gasteiger partial charge < -0.3 is 5.32 Å². The molecule has 2 fully saturated rings. The minimum absolute atomic E-state index is 0.0112. The molecule has 1 aliphatic heterocycles. The van der Waals surface area contributed by atoms with Gasteiger partial charge in [0.25, 0.3) is 0 Å². The SMILES string of the molecule is Cc1nn(CCC(=O)N[C@@H]2CCN(C3CC3)C2)c(C)c1[N+](=O)[O-]. The zero-order valence-electron chi connectivity index (χ0n) is 13.6. The van der Waals surface area contributed by atoms with E-state index in [4.69, 9.17) is 0 Å². The lowest BCUT2D eigenvalue weighted by atomic mass is 10.2. The summed E-state index contributed by atoms with van der Waals surface area (Å²) in [6, 6.07) is 0.977. The number of nitrogens with zero attached hydrogens (tertiary/aromatic N) is 4. The summed E-state index contributed by atoms with van der Waals surface area (Å²) in [6.07, 6.45) is 3.88. The quantitative estimate of drug-likeness (QED) is 0.626. The smallest absolute Gasteiger partial charge is 0.312 e. The van der Waals surface area contributed by atoms with E-state index in [0.29, 0.717) is 24.4 Å². The van der Waals surface area contributed by atoms with Crippen LogP contribution in [0.5, 0.6) is 0 Å². The fourth-order valence-corrected chi connectivity index (χ4v) is 3.35. The Morgan fingerprint density at radius 1 is 1.39 bits per heavy atom. The normalized spacial score (nSPS) is 21.6. The molecule has 0 spiro atoms. The zero-order valence-corrected chi connectivity index (χ0v) is 13.6. The van der Waals surface area contributed by atoms with Crippen molar-refractivity contribution < 1.29 is 9.72 Å². The van der Waals surface area contributed by atoms with Crippen molar-refractivity contribution in [2.45, 2.75) is 58.2 Å². The van der Waals surface area contributed by atoms with E-state index in [1.54, 1.807) is 18.5 Å². The fourth-order valence-electron chi connectivity index (χ4n) is 3.35. The van der Waals surface area contributed by atoms with Crippen molar-refractivity contribution in [3.05, 3.63) is 21.5 Å². The minimum atomic E-state index is -0.417. The van der Waals surface area contributed by atoms with Crippen LogP contribution < -0.4 is 5.32 Å². The van der Waals surface area contributed by atoms with Gasteiger partial charge in [-0.1, -0.05) is 0 Å². The molecular weight excluding hydrogens is 298 g/mol. The Hall–Kier alpha value is -1.96. The number of hydrogen-bond donors (Lipinski definition) is 1. The second-order valence-corrected chi connectivity index (χ2v) is 6.53. The number of carbonyl (C=O) groups is 1. The number of nitro groups is 1. The van der Waals surface area contributed by atoms with Gasteiger partial charge in [0.05, 0.1) is 11.5 Å². The third-order valence-corrected chi connectivity index (χ3v) is 4.72. The van der Waals surface area contributed by atoms with E-state index in [9.17, 15) is 14.9 Å². The number of hydrogen-bond acceptors (Lipinski definition) is 5. The van der Waals surface area contributed by atoms with Crippen LogP contribution in [0, 0.1) is 24.0 Å². The van der Waals surface area contributed by atoms with Crippen LogP contribution in [0.4, 0.5) is 5.69 Å². The average molecular weight is 321 g/mol. The number of aromatic nitrogens is 2. The molecular formula is C15H23N5O3. The van der Waals surface area contributed by atoms with Gasteiger partial charge >= 0.3 is 5.69 Å². The molecule has 0 radical (unpaired) electrons. The molecule has 8 heteroatoms. The molecule has 3 rings (SSSR count). The third-order valence-electron chi connectivity index (χ3n) is 4.72. The van der Waals surface area contributed by atoms with E-state index in [2.05, 4.69) is 15.3 Å². The topological polar surface area (TPSA) is 93.3 Å². The van der Waals surface area contributed by atoms with Gasteiger partial charge in [0.15, 0.2) is 0 Å². The maximum Gasteiger partial charge on any atom is 0.312 e. The minimum Gasteiger partial charge on any atom is -0.352 e. The van der Waals surface area contributed by atoms with Gasteiger partial charge in [0.2, 0.25) is 5.91 Å². The molecule has 0 aromatic carbocycles. The molecule has 1 amide bonds. The van der Waals surface area contributed by atoms with Gasteiger partial charge in [0.1, 0.15) is 11.4 Å². The number of nitrogens with one attached hydrogen (secondary N) is 1. The fraction of sp³-hybridized carbons (Fsp3) is 0.733. The van der Waals surface area contributed by atoms with Gasteiger partial charge in [-0.15, -0.1) is 0 Å². The van der Waals surface area contributed by atoms with Crippen LogP contribution in [0.1, 0.15) is 37.1 Å². The predicted octanol–water partition coefficient (Wildman–Crippen LogP) is 1.15. The summed E-state index contributed by atoms with van der Waals surface area (Å²) in [5.74, 6) is -0.0112. The van der Waals surface area contributed by atoms with Crippen molar-refractivity contribution in [2.24, 2.45) is 0 Å². The van der Waals surface area contributed by atoms with Gasteiger partial charge in [-0.2, -0.15) is 5.10 Å². The van der Waals surface area contributed by atoms with Gasteiger partial charge in [-0.25, -0.2) is 0 Å². The summed E-state index contributed by atoms with van der Waals surface area (Å²) in [7, 11) is 0. The molecule has 1 aromatic heterocycles. The van der Waals surface area contributed by atoms with Crippen molar-refractivity contribution in [2.75, 3.05) is 13.1 Å². The van der Waals surface area contributed by atoms with Crippen LogP contribution in [-0.2, 0) is 11.3 Å². The molecule has 126 valence electrons. The Labute approximate surface area is 135 Å². The maximum atomic E-state index is 12.1. The molecule has 8 nitrogen and oxygen atoms in total. The van der Waals surface area contributed by atoms with Crippen molar-refractivity contribution in [3.63, 3.8) is 0 Å². The number of likely N-dealkylation sites (tertiary alicyclic amines) is 1.